The summed E-state index contributed by atoms with van der Waals surface area (Å²) in [4.78, 5) is 0. The Hall–Kier alpha value is 0.480. The molecule has 1 heteroatoms. The normalized spacial score (nSPS) is 41.7. The second-order valence-electron chi connectivity index (χ2n) is 3.81. The number of rotatable bonds is 1. The van der Waals surface area contributed by atoms with E-state index in [1.807, 2.05) is 0 Å². The van der Waals surface area contributed by atoms with Crippen LogP contribution in [0.15, 0.2) is 0 Å². The summed E-state index contributed by atoms with van der Waals surface area (Å²) in [6.45, 7) is 4.77. The Bertz CT molecular complexity index is 101. The van der Waals surface area contributed by atoms with Crippen molar-refractivity contribution >= 4 is 15.9 Å². The van der Waals surface area contributed by atoms with Gasteiger partial charge in [-0.1, -0.05) is 36.2 Å². The van der Waals surface area contributed by atoms with Crippen LogP contribution in [0.5, 0.6) is 0 Å². The lowest BCUT2D eigenvalue weighted by molar-refractivity contribution is 0.225. The van der Waals surface area contributed by atoms with Crippen molar-refractivity contribution in [1.29, 1.82) is 0 Å². The van der Waals surface area contributed by atoms with Crippen molar-refractivity contribution in [3.8, 4) is 0 Å². The molecule has 0 aliphatic heterocycles. The zero-order chi connectivity index (χ0) is 7.56. The molecule has 0 N–H and O–H groups in total. The SMILES string of the molecule is CC1CCC(CBr)C(C)C1. The van der Waals surface area contributed by atoms with E-state index in [1.165, 1.54) is 24.6 Å². The summed E-state index contributed by atoms with van der Waals surface area (Å²) >= 11 is 3.57. The molecule has 3 unspecified atom stereocenters. The third-order valence-corrected chi connectivity index (χ3v) is 3.64. The molecule has 60 valence electrons. The van der Waals surface area contributed by atoms with Gasteiger partial charge in [0.05, 0.1) is 0 Å². The van der Waals surface area contributed by atoms with Crippen LogP contribution in [0.2, 0.25) is 0 Å². The molecular weight excluding hydrogens is 188 g/mol. The van der Waals surface area contributed by atoms with E-state index in [-0.39, 0.29) is 0 Å². The predicted octanol–water partition coefficient (Wildman–Crippen LogP) is 3.45. The van der Waals surface area contributed by atoms with Crippen molar-refractivity contribution in [2.75, 3.05) is 5.33 Å². The molecule has 0 aromatic heterocycles. The van der Waals surface area contributed by atoms with E-state index in [4.69, 9.17) is 0 Å². The maximum atomic E-state index is 3.57. The van der Waals surface area contributed by atoms with Crippen molar-refractivity contribution in [1.82, 2.24) is 0 Å². The van der Waals surface area contributed by atoms with Gasteiger partial charge in [-0.15, -0.1) is 0 Å². The number of alkyl halides is 1. The van der Waals surface area contributed by atoms with Gasteiger partial charge in [0.2, 0.25) is 0 Å². The predicted molar refractivity (Wildman–Crippen MR) is 49.5 cm³/mol. The lowest BCUT2D eigenvalue weighted by Crippen LogP contribution is -2.22. The molecule has 0 aromatic rings. The van der Waals surface area contributed by atoms with Gasteiger partial charge in [0, 0.05) is 5.33 Å². The molecule has 3 atom stereocenters. The van der Waals surface area contributed by atoms with Crippen molar-refractivity contribution < 1.29 is 0 Å². The summed E-state index contributed by atoms with van der Waals surface area (Å²) in [5, 5.41) is 1.21. The standard InChI is InChI=1S/C9H17Br/c1-7-3-4-9(6-10)8(2)5-7/h7-9H,3-6H2,1-2H3. The van der Waals surface area contributed by atoms with E-state index in [0.717, 1.165) is 17.8 Å². The van der Waals surface area contributed by atoms with Gasteiger partial charge in [0.15, 0.2) is 0 Å². The smallest absolute Gasteiger partial charge is 0.00622 e. The van der Waals surface area contributed by atoms with Gasteiger partial charge in [-0.25, -0.2) is 0 Å². The Labute approximate surface area is 72.5 Å². The molecule has 0 amide bonds. The molecular formula is C9H17Br. The number of hydrogen-bond donors (Lipinski definition) is 0. The number of halogens is 1. The molecule has 1 rings (SSSR count). The van der Waals surface area contributed by atoms with Crippen molar-refractivity contribution in [3.05, 3.63) is 0 Å². The molecule has 1 aliphatic rings. The van der Waals surface area contributed by atoms with Gasteiger partial charge in [-0.2, -0.15) is 0 Å². The maximum absolute atomic E-state index is 3.57. The highest BCUT2D eigenvalue weighted by atomic mass is 79.9. The van der Waals surface area contributed by atoms with Gasteiger partial charge >= 0.3 is 0 Å². The van der Waals surface area contributed by atoms with Gasteiger partial charge < -0.3 is 0 Å². The number of hydrogen-bond acceptors (Lipinski definition) is 0. The van der Waals surface area contributed by atoms with Crippen molar-refractivity contribution in [3.63, 3.8) is 0 Å². The van der Waals surface area contributed by atoms with Gasteiger partial charge in [-0.05, 0) is 30.6 Å². The first-order valence-electron chi connectivity index (χ1n) is 4.30. The minimum absolute atomic E-state index is 0.947. The van der Waals surface area contributed by atoms with Crippen LogP contribution in [0.4, 0.5) is 0 Å². The van der Waals surface area contributed by atoms with Crippen molar-refractivity contribution in [2.24, 2.45) is 17.8 Å². The summed E-state index contributed by atoms with van der Waals surface area (Å²) in [7, 11) is 0. The van der Waals surface area contributed by atoms with Crippen LogP contribution < -0.4 is 0 Å². The topological polar surface area (TPSA) is 0 Å². The first kappa shape index (κ1) is 8.58. The summed E-state index contributed by atoms with van der Waals surface area (Å²) in [5.74, 6) is 2.88. The first-order chi connectivity index (χ1) is 4.74. The van der Waals surface area contributed by atoms with Crippen LogP contribution in [0.3, 0.4) is 0 Å². The summed E-state index contributed by atoms with van der Waals surface area (Å²) in [6.07, 6.45) is 4.32. The van der Waals surface area contributed by atoms with Crippen LogP contribution in [0.1, 0.15) is 33.1 Å². The minimum atomic E-state index is 0.947. The average Bonchev–Trinajstić information content (AvgIpc) is 1.88. The second-order valence-corrected chi connectivity index (χ2v) is 4.46. The van der Waals surface area contributed by atoms with Crippen LogP contribution >= 0.6 is 15.9 Å². The van der Waals surface area contributed by atoms with Crippen molar-refractivity contribution in [2.45, 2.75) is 33.1 Å². The van der Waals surface area contributed by atoms with Gasteiger partial charge in [0.1, 0.15) is 0 Å². The fourth-order valence-corrected chi connectivity index (χ4v) is 2.92. The van der Waals surface area contributed by atoms with E-state index in [2.05, 4.69) is 29.8 Å². The molecule has 0 spiro atoms. The highest BCUT2D eigenvalue weighted by Gasteiger charge is 2.23. The maximum Gasteiger partial charge on any atom is 0.00622 e. The van der Waals surface area contributed by atoms with E-state index in [0.29, 0.717) is 0 Å². The molecule has 0 saturated heterocycles. The first-order valence-corrected chi connectivity index (χ1v) is 5.42. The summed E-state index contributed by atoms with van der Waals surface area (Å²) in [6, 6.07) is 0. The Balaban J connectivity index is 2.36. The highest BCUT2D eigenvalue weighted by Crippen LogP contribution is 2.33. The van der Waals surface area contributed by atoms with Gasteiger partial charge in [0.25, 0.3) is 0 Å². The molecule has 1 fully saturated rings. The fourth-order valence-electron chi connectivity index (χ4n) is 1.96. The molecule has 0 heterocycles. The Kier molecular flexibility index (Phi) is 3.22. The van der Waals surface area contributed by atoms with Gasteiger partial charge in [-0.3, -0.25) is 0 Å². The summed E-state index contributed by atoms with van der Waals surface area (Å²) < 4.78 is 0. The van der Waals surface area contributed by atoms with E-state index < -0.39 is 0 Å². The second kappa shape index (κ2) is 3.75. The monoisotopic (exact) mass is 204 g/mol. The molecule has 1 saturated carbocycles. The highest BCUT2D eigenvalue weighted by molar-refractivity contribution is 9.09. The third kappa shape index (κ3) is 1.98. The van der Waals surface area contributed by atoms with E-state index in [1.54, 1.807) is 0 Å². The average molecular weight is 205 g/mol. The van der Waals surface area contributed by atoms with Crippen LogP contribution in [-0.4, -0.2) is 5.33 Å². The van der Waals surface area contributed by atoms with E-state index in [9.17, 15) is 0 Å². The Morgan fingerprint density at radius 2 is 2.00 bits per heavy atom. The Morgan fingerprint density at radius 3 is 2.50 bits per heavy atom. The lowest BCUT2D eigenvalue weighted by atomic mass is 9.77. The van der Waals surface area contributed by atoms with Crippen LogP contribution in [0.25, 0.3) is 0 Å². The quantitative estimate of drug-likeness (QED) is 0.575. The molecule has 1 aliphatic carbocycles. The molecule has 10 heavy (non-hydrogen) atoms. The molecule has 0 nitrogen and oxygen atoms in total. The fraction of sp³-hybridized carbons (Fsp3) is 1.00. The zero-order valence-corrected chi connectivity index (χ0v) is 8.52. The minimum Gasteiger partial charge on any atom is -0.0925 e. The summed E-state index contributed by atoms with van der Waals surface area (Å²) in [5.41, 5.74) is 0. The lowest BCUT2D eigenvalue weighted by Gasteiger charge is -2.31. The zero-order valence-electron chi connectivity index (χ0n) is 6.94. The molecule has 0 aromatic carbocycles. The molecule has 0 radical (unpaired) electrons. The Morgan fingerprint density at radius 1 is 1.30 bits per heavy atom. The van der Waals surface area contributed by atoms with Crippen LogP contribution in [-0.2, 0) is 0 Å². The largest absolute Gasteiger partial charge is 0.0925 e. The molecule has 0 bridgehead atoms. The van der Waals surface area contributed by atoms with Crippen LogP contribution in [0, 0.1) is 17.8 Å². The van der Waals surface area contributed by atoms with E-state index >= 15 is 0 Å². The third-order valence-electron chi connectivity index (χ3n) is 2.81.